The number of hydrogen-bond donors (Lipinski definition) is 1. The van der Waals surface area contributed by atoms with Crippen LogP contribution < -0.4 is 10.5 Å². The van der Waals surface area contributed by atoms with E-state index in [1.54, 1.807) is 49.4 Å². The molecule has 0 aliphatic heterocycles. The second-order valence-electron chi connectivity index (χ2n) is 5.80. The third kappa shape index (κ3) is 4.44. The summed E-state index contributed by atoms with van der Waals surface area (Å²) in [4.78, 5) is 23.6. The molecule has 4 nitrogen and oxygen atoms in total. The molecule has 0 heterocycles. The van der Waals surface area contributed by atoms with Crippen molar-refractivity contribution in [2.75, 3.05) is 0 Å². The second-order valence-corrected chi connectivity index (χ2v) is 5.80. The van der Waals surface area contributed by atoms with E-state index >= 15 is 0 Å². The van der Waals surface area contributed by atoms with Gasteiger partial charge in [-0.25, -0.2) is 0 Å². The van der Waals surface area contributed by atoms with Crippen molar-refractivity contribution in [3.8, 4) is 11.5 Å². The highest BCUT2D eigenvalue weighted by molar-refractivity contribution is 5.96. The van der Waals surface area contributed by atoms with Gasteiger partial charge in [-0.1, -0.05) is 38.0 Å². The van der Waals surface area contributed by atoms with Crippen LogP contribution in [-0.4, -0.2) is 11.7 Å². The van der Waals surface area contributed by atoms with Gasteiger partial charge >= 0.3 is 0 Å². The molecule has 0 fully saturated rings. The van der Waals surface area contributed by atoms with E-state index in [1.165, 1.54) is 0 Å². The Bertz CT molecular complexity index is 737. The zero-order chi connectivity index (χ0) is 17.5. The lowest BCUT2D eigenvalue weighted by Crippen LogP contribution is -2.12. The van der Waals surface area contributed by atoms with Crippen molar-refractivity contribution >= 4 is 11.7 Å². The van der Waals surface area contributed by atoms with Crippen LogP contribution in [0.5, 0.6) is 11.5 Å². The van der Waals surface area contributed by atoms with Crippen LogP contribution in [0.15, 0.2) is 42.5 Å². The van der Waals surface area contributed by atoms with Gasteiger partial charge in [-0.3, -0.25) is 9.59 Å². The molecular formula is C20H23NO3. The SMILES string of the molecule is CCCCCC(=O)c1cccc(Oc2cccc(C(N)=O)c2C)c1. The molecule has 0 radical (unpaired) electrons. The maximum atomic E-state index is 12.2. The minimum Gasteiger partial charge on any atom is -0.457 e. The predicted molar refractivity (Wildman–Crippen MR) is 94.7 cm³/mol. The van der Waals surface area contributed by atoms with Crippen molar-refractivity contribution in [1.29, 1.82) is 0 Å². The number of ketones is 1. The fourth-order valence-electron chi connectivity index (χ4n) is 2.53. The Kier molecular flexibility index (Phi) is 6.13. The molecule has 0 saturated heterocycles. The van der Waals surface area contributed by atoms with E-state index in [0.29, 0.717) is 34.6 Å². The molecular weight excluding hydrogens is 302 g/mol. The quantitative estimate of drug-likeness (QED) is 0.567. The summed E-state index contributed by atoms with van der Waals surface area (Å²) >= 11 is 0. The van der Waals surface area contributed by atoms with Crippen LogP contribution in [0.2, 0.25) is 0 Å². The van der Waals surface area contributed by atoms with Crippen LogP contribution in [-0.2, 0) is 0 Å². The minimum absolute atomic E-state index is 0.122. The van der Waals surface area contributed by atoms with Crippen LogP contribution in [0.1, 0.15) is 58.9 Å². The summed E-state index contributed by atoms with van der Waals surface area (Å²) in [6.45, 7) is 3.90. The van der Waals surface area contributed by atoms with Crippen molar-refractivity contribution in [1.82, 2.24) is 0 Å². The van der Waals surface area contributed by atoms with Crippen LogP contribution in [0.3, 0.4) is 0 Å². The number of hydrogen-bond acceptors (Lipinski definition) is 3. The molecule has 2 N–H and O–H groups in total. The molecule has 2 aromatic rings. The van der Waals surface area contributed by atoms with Gasteiger partial charge in [0.1, 0.15) is 11.5 Å². The molecule has 0 spiro atoms. The van der Waals surface area contributed by atoms with Crippen LogP contribution >= 0.6 is 0 Å². The highest BCUT2D eigenvalue weighted by Crippen LogP contribution is 2.28. The maximum absolute atomic E-state index is 12.2. The molecule has 0 aliphatic rings. The van der Waals surface area contributed by atoms with Gasteiger partial charge in [-0.2, -0.15) is 0 Å². The van der Waals surface area contributed by atoms with Gasteiger partial charge in [0.25, 0.3) is 0 Å². The van der Waals surface area contributed by atoms with E-state index in [0.717, 1.165) is 19.3 Å². The minimum atomic E-state index is -0.488. The first-order valence-electron chi connectivity index (χ1n) is 8.23. The lowest BCUT2D eigenvalue weighted by Gasteiger charge is -2.11. The normalized spacial score (nSPS) is 10.4. The van der Waals surface area contributed by atoms with E-state index in [4.69, 9.17) is 10.5 Å². The number of benzene rings is 2. The fraction of sp³-hybridized carbons (Fsp3) is 0.300. The molecule has 0 saturated carbocycles. The molecule has 24 heavy (non-hydrogen) atoms. The standard InChI is InChI=1S/C20H23NO3/c1-3-4-5-11-18(22)15-8-6-9-16(13-15)24-19-12-7-10-17(14(19)2)20(21)23/h6-10,12-13H,3-5,11H2,1-2H3,(H2,21,23). The summed E-state index contributed by atoms with van der Waals surface area (Å²) in [5.41, 5.74) is 7.12. The molecule has 2 aromatic carbocycles. The van der Waals surface area contributed by atoms with E-state index in [9.17, 15) is 9.59 Å². The summed E-state index contributed by atoms with van der Waals surface area (Å²) in [7, 11) is 0. The van der Waals surface area contributed by atoms with E-state index in [1.807, 2.05) is 0 Å². The Morgan fingerprint density at radius 1 is 1.08 bits per heavy atom. The van der Waals surface area contributed by atoms with Crippen molar-refractivity contribution in [2.45, 2.75) is 39.5 Å². The molecule has 4 heteroatoms. The number of primary amides is 1. The van der Waals surface area contributed by atoms with Crippen molar-refractivity contribution in [3.05, 3.63) is 59.2 Å². The number of carbonyl (C=O) groups excluding carboxylic acids is 2. The van der Waals surface area contributed by atoms with E-state index in [-0.39, 0.29) is 5.78 Å². The number of carbonyl (C=O) groups is 2. The number of ether oxygens (including phenoxy) is 1. The molecule has 2 rings (SSSR count). The Hall–Kier alpha value is -2.62. The molecule has 126 valence electrons. The third-order valence-electron chi connectivity index (χ3n) is 3.94. The summed E-state index contributed by atoms with van der Waals surface area (Å²) < 4.78 is 5.86. The van der Waals surface area contributed by atoms with E-state index in [2.05, 4.69) is 6.92 Å². The van der Waals surface area contributed by atoms with Gasteiger partial charge in [-0.05, 0) is 37.6 Å². The van der Waals surface area contributed by atoms with Gasteiger partial charge < -0.3 is 10.5 Å². The Morgan fingerprint density at radius 3 is 2.54 bits per heavy atom. The van der Waals surface area contributed by atoms with Crippen LogP contribution in [0, 0.1) is 6.92 Å². The van der Waals surface area contributed by atoms with Crippen LogP contribution in [0.25, 0.3) is 0 Å². The average Bonchev–Trinajstić information content (AvgIpc) is 2.57. The fourth-order valence-corrected chi connectivity index (χ4v) is 2.53. The molecule has 0 bridgehead atoms. The van der Waals surface area contributed by atoms with Crippen molar-refractivity contribution < 1.29 is 14.3 Å². The lowest BCUT2D eigenvalue weighted by molar-refractivity contribution is 0.0976. The molecule has 1 amide bonds. The van der Waals surface area contributed by atoms with Gasteiger partial charge in [0.05, 0.1) is 0 Å². The van der Waals surface area contributed by atoms with Gasteiger partial charge in [-0.15, -0.1) is 0 Å². The molecule has 0 aliphatic carbocycles. The summed E-state index contributed by atoms with van der Waals surface area (Å²) in [5, 5.41) is 0. The summed E-state index contributed by atoms with van der Waals surface area (Å²) in [5.74, 6) is 0.761. The Morgan fingerprint density at radius 2 is 1.83 bits per heavy atom. The van der Waals surface area contributed by atoms with Gasteiger partial charge in [0, 0.05) is 23.1 Å². The predicted octanol–water partition coefficient (Wildman–Crippen LogP) is 4.65. The summed E-state index contributed by atoms with van der Waals surface area (Å²) in [6.07, 6.45) is 3.60. The first kappa shape index (κ1) is 17.7. The number of nitrogens with two attached hydrogens (primary N) is 1. The molecule has 0 atom stereocenters. The highest BCUT2D eigenvalue weighted by atomic mass is 16.5. The van der Waals surface area contributed by atoms with Gasteiger partial charge in [0.15, 0.2) is 5.78 Å². The van der Waals surface area contributed by atoms with Crippen molar-refractivity contribution in [2.24, 2.45) is 5.73 Å². The zero-order valence-corrected chi connectivity index (χ0v) is 14.2. The molecule has 0 aromatic heterocycles. The Balaban J connectivity index is 2.17. The highest BCUT2D eigenvalue weighted by Gasteiger charge is 2.11. The third-order valence-corrected chi connectivity index (χ3v) is 3.94. The maximum Gasteiger partial charge on any atom is 0.249 e. The Labute approximate surface area is 142 Å². The second kappa shape index (κ2) is 8.29. The van der Waals surface area contributed by atoms with E-state index < -0.39 is 5.91 Å². The largest absolute Gasteiger partial charge is 0.457 e. The smallest absolute Gasteiger partial charge is 0.249 e. The van der Waals surface area contributed by atoms with Gasteiger partial charge in [0.2, 0.25) is 5.91 Å². The van der Waals surface area contributed by atoms with Crippen molar-refractivity contribution in [3.63, 3.8) is 0 Å². The zero-order valence-electron chi connectivity index (χ0n) is 14.2. The topological polar surface area (TPSA) is 69.4 Å². The molecule has 0 unspecified atom stereocenters. The monoisotopic (exact) mass is 325 g/mol. The number of unbranched alkanes of at least 4 members (excludes halogenated alkanes) is 2. The average molecular weight is 325 g/mol. The first-order chi connectivity index (χ1) is 11.5. The first-order valence-corrected chi connectivity index (χ1v) is 8.23. The van der Waals surface area contributed by atoms with Crippen LogP contribution in [0.4, 0.5) is 0 Å². The lowest BCUT2D eigenvalue weighted by atomic mass is 10.0. The number of amides is 1. The number of Topliss-reactive ketones (excluding diaryl/α,β-unsaturated/α-hetero) is 1. The summed E-state index contributed by atoms with van der Waals surface area (Å²) in [6, 6.07) is 12.3. The number of rotatable bonds is 8.